The van der Waals surface area contributed by atoms with Gasteiger partial charge in [-0.05, 0) is 49.8 Å². The smallest absolute Gasteiger partial charge is 0.311 e. The van der Waals surface area contributed by atoms with Crippen LogP contribution >= 0.6 is 0 Å². The Morgan fingerprint density at radius 3 is 2.44 bits per heavy atom. The normalized spacial score (nSPS) is 11.7. The fraction of sp³-hybridized carbons (Fsp3) is 0.562. The molecule has 0 saturated carbocycles. The van der Waals surface area contributed by atoms with Crippen LogP contribution in [0.3, 0.4) is 0 Å². The second kappa shape index (κ2) is 5.55. The van der Waals surface area contributed by atoms with Crippen molar-refractivity contribution >= 4 is 5.97 Å². The molecule has 0 aliphatic rings. The number of methoxy groups -OCH3 is 1. The van der Waals surface area contributed by atoms with Crippen LogP contribution in [0.15, 0.2) is 18.2 Å². The highest BCUT2D eigenvalue weighted by Crippen LogP contribution is 2.27. The molecular weight excluding hydrogens is 224 g/mol. The average Bonchev–Trinajstić information content (AvgIpc) is 2.30. The molecule has 2 heteroatoms. The third-order valence-electron chi connectivity index (χ3n) is 3.41. The Morgan fingerprint density at radius 1 is 1.33 bits per heavy atom. The van der Waals surface area contributed by atoms with Crippen LogP contribution in [0.1, 0.15) is 50.3 Å². The number of esters is 1. The van der Waals surface area contributed by atoms with Crippen molar-refractivity contribution in [2.75, 3.05) is 7.11 Å². The van der Waals surface area contributed by atoms with E-state index >= 15 is 0 Å². The van der Waals surface area contributed by atoms with Crippen LogP contribution in [-0.2, 0) is 16.0 Å². The van der Waals surface area contributed by atoms with E-state index in [4.69, 9.17) is 4.74 Å². The molecular formula is C16H24O2. The number of hydrogen-bond donors (Lipinski definition) is 0. The highest BCUT2D eigenvalue weighted by molar-refractivity contribution is 5.76. The lowest BCUT2D eigenvalue weighted by molar-refractivity contribution is -0.150. The van der Waals surface area contributed by atoms with Gasteiger partial charge in [-0.25, -0.2) is 0 Å². The molecule has 0 spiro atoms. The quantitative estimate of drug-likeness (QED) is 0.756. The Labute approximate surface area is 110 Å². The van der Waals surface area contributed by atoms with Crippen molar-refractivity contribution in [1.29, 1.82) is 0 Å². The lowest BCUT2D eigenvalue weighted by Gasteiger charge is -2.23. The summed E-state index contributed by atoms with van der Waals surface area (Å²) in [6.45, 7) is 10.3. The molecule has 2 nitrogen and oxygen atoms in total. The maximum atomic E-state index is 11.7. The summed E-state index contributed by atoms with van der Waals surface area (Å²) >= 11 is 0. The largest absolute Gasteiger partial charge is 0.469 e. The number of benzene rings is 1. The van der Waals surface area contributed by atoms with E-state index in [-0.39, 0.29) is 5.97 Å². The van der Waals surface area contributed by atoms with E-state index in [9.17, 15) is 4.79 Å². The van der Waals surface area contributed by atoms with Gasteiger partial charge in [0.05, 0.1) is 12.5 Å². The van der Waals surface area contributed by atoms with E-state index in [2.05, 4.69) is 39.0 Å². The lowest BCUT2D eigenvalue weighted by Crippen LogP contribution is -2.28. The first kappa shape index (κ1) is 14.7. The van der Waals surface area contributed by atoms with Gasteiger partial charge in [0, 0.05) is 0 Å². The molecule has 0 atom stereocenters. The highest BCUT2D eigenvalue weighted by atomic mass is 16.5. The van der Waals surface area contributed by atoms with Crippen molar-refractivity contribution in [2.45, 2.75) is 47.0 Å². The molecule has 1 aromatic carbocycles. The third-order valence-corrected chi connectivity index (χ3v) is 3.41. The molecule has 0 aliphatic heterocycles. The number of hydrogen-bond acceptors (Lipinski definition) is 2. The first-order valence-corrected chi connectivity index (χ1v) is 6.46. The molecule has 0 amide bonds. The zero-order chi connectivity index (χ0) is 13.9. The summed E-state index contributed by atoms with van der Waals surface area (Å²) in [5, 5.41) is 0. The summed E-state index contributed by atoms with van der Waals surface area (Å²) in [5.74, 6) is 0.349. The summed E-state index contributed by atoms with van der Waals surface area (Å²) in [7, 11) is 1.45. The topological polar surface area (TPSA) is 26.3 Å². The fourth-order valence-corrected chi connectivity index (χ4v) is 2.07. The molecule has 0 unspecified atom stereocenters. The van der Waals surface area contributed by atoms with Gasteiger partial charge in [0.25, 0.3) is 0 Å². The molecule has 0 N–H and O–H groups in total. The molecule has 1 aromatic rings. The number of carbonyl (C=O) groups excluding carboxylic acids is 1. The average molecular weight is 248 g/mol. The van der Waals surface area contributed by atoms with E-state index in [0.29, 0.717) is 12.3 Å². The standard InChI is InChI=1S/C16H24O2/c1-11(2)13-8-7-12(3)14(9-13)10-16(4,5)15(17)18-6/h7-9,11H,10H2,1-6H3. The van der Waals surface area contributed by atoms with Gasteiger partial charge in [-0.3, -0.25) is 4.79 Å². The molecule has 0 aliphatic carbocycles. The predicted molar refractivity (Wildman–Crippen MR) is 74.8 cm³/mol. The number of rotatable bonds is 4. The molecule has 0 heterocycles. The number of ether oxygens (including phenoxy) is 1. The SMILES string of the molecule is COC(=O)C(C)(C)Cc1cc(C(C)C)ccc1C. The van der Waals surface area contributed by atoms with E-state index < -0.39 is 5.41 Å². The Hall–Kier alpha value is -1.31. The van der Waals surface area contributed by atoms with Crippen molar-refractivity contribution in [3.8, 4) is 0 Å². The molecule has 0 aromatic heterocycles. The van der Waals surface area contributed by atoms with Gasteiger partial charge in [-0.1, -0.05) is 32.0 Å². The summed E-state index contributed by atoms with van der Waals surface area (Å²) in [6, 6.07) is 6.51. The van der Waals surface area contributed by atoms with Crippen LogP contribution in [0.4, 0.5) is 0 Å². The minimum atomic E-state index is -0.477. The van der Waals surface area contributed by atoms with E-state index in [1.54, 1.807) is 0 Å². The van der Waals surface area contributed by atoms with Gasteiger partial charge < -0.3 is 4.74 Å². The van der Waals surface area contributed by atoms with Crippen molar-refractivity contribution in [3.05, 3.63) is 34.9 Å². The van der Waals surface area contributed by atoms with E-state index in [1.165, 1.54) is 23.8 Å². The maximum Gasteiger partial charge on any atom is 0.311 e. The molecule has 1 rings (SSSR count). The summed E-state index contributed by atoms with van der Waals surface area (Å²) < 4.78 is 4.87. The molecule has 100 valence electrons. The van der Waals surface area contributed by atoms with Crippen molar-refractivity contribution < 1.29 is 9.53 Å². The van der Waals surface area contributed by atoms with Crippen LogP contribution in [0.2, 0.25) is 0 Å². The molecule has 0 radical (unpaired) electrons. The van der Waals surface area contributed by atoms with Gasteiger partial charge >= 0.3 is 5.97 Å². The number of carbonyl (C=O) groups is 1. The van der Waals surface area contributed by atoms with Crippen LogP contribution in [0, 0.1) is 12.3 Å². The zero-order valence-electron chi connectivity index (χ0n) is 12.3. The first-order chi connectivity index (χ1) is 8.27. The second-order valence-electron chi connectivity index (χ2n) is 5.89. The van der Waals surface area contributed by atoms with Crippen molar-refractivity contribution in [2.24, 2.45) is 5.41 Å². The van der Waals surface area contributed by atoms with Gasteiger partial charge in [-0.15, -0.1) is 0 Å². The van der Waals surface area contributed by atoms with Gasteiger partial charge in [-0.2, -0.15) is 0 Å². The maximum absolute atomic E-state index is 11.7. The van der Waals surface area contributed by atoms with Crippen LogP contribution in [-0.4, -0.2) is 13.1 Å². The zero-order valence-corrected chi connectivity index (χ0v) is 12.3. The molecule has 0 fully saturated rings. The summed E-state index contributed by atoms with van der Waals surface area (Å²) in [4.78, 5) is 11.7. The number of aryl methyl sites for hydroxylation is 1. The first-order valence-electron chi connectivity index (χ1n) is 6.46. The highest BCUT2D eigenvalue weighted by Gasteiger charge is 2.29. The van der Waals surface area contributed by atoms with Crippen LogP contribution in [0.25, 0.3) is 0 Å². The summed E-state index contributed by atoms with van der Waals surface area (Å²) in [5.41, 5.74) is 3.30. The van der Waals surface area contributed by atoms with Crippen LogP contribution < -0.4 is 0 Å². The summed E-state index contributed by atoms with van der Waals surface area (Å²) in [6.07, 6.45) is 0.714. The Balaban J connectivity index is 3.03. The van der Waals surface area contributed by atoms with E-state index in [1.807, 2.05) is 13.8 Å². The molecule has 0 bridgehead atoms. The molecule has 0 saturated heterocycles. The minimum Gasteiger partial charge on any atom is -0.469 e. The van der Waals surface area contributed by atoms with Gasteiger partial charge in [0.15, 0.2) is 0 Å². The monoisotopic (exact) mass is 248 g/mol. The van der Waals surface area contributed by atoms with Crippen molar-refractivity contribution in [3.63, 3.8) is 0 Å². The lowest BCUT2D eigenvalue weighted by atomic mass is 9.83. The van der Waals surface area contributed by atoms with Crippen LogP contribution in [0.5, 0.6) is 0 Å². The predicted octanol–water partition coefficient (Wildman–Crippen LogP) is 3.86. The minimum absolute atomic E-state index is 0.156. The Bertz CT molecular complexity index is 431. The molecule has 18 heavy (non-hydrogen) atoms. The van der Waals surface area contributed by atoms with E-state index in [0.717, 1.165) is 0 Å². The Kier molecular flexibility index (Phi) is 4.55. The van der Waals surface area contributed by atoms with Gasteiger partial charge in [0.1, 0.15) is 0 Å². The van der Waals surface area contributed by atoms with Gasteiger partial charge in [0.2, 0.25) is 0 Å². The Morgan fingerprint density at radius 2 is 1.94 bits per heavy atom. The third kappa shape index (κ3) is 3.34. The van der Waals surface area contributed by atoms with Crippen molar-refractivity contribution in [1.82, 2.24) is 0 Å². The second-order valence-corrected chi connectivity index (χ2v) is 5.89. The fourth-order valence-electron chi connectivity index (χ4n) is 2.07.